The quantitative estimate of drug-likeness (QED) is 0.669. The Labute approximate surface area is 178 Å². The van der Waals surface area contributed by atoms with Crippen LogP contribution in [0.3, 0.4) is 0 Å². The number of nitrogens with one attached hydrogen (secondary N) is 2. The average molecular weight is 442 g/mol. The van der Waals surface area contributed by atoms with Crippen LogP contribution in [0.1, 0.15) is 34.3 Å². The number of halogens is 4. The first-order valence-corrected chi connectivity index (χ1v) is 9.51. The van der Waals surface area contributed by atoms with E-state index in [1.807, 2.05) is 31.1 Å². The first-order valence-electron chi connectivity index (χ1n) is 9.14. The number of benzene rings is 2. The van der Waals surface area contributed by atoms with Crippen molar-refractivity contribution in [2.75, 3.05) is 32.5 Å². The van der Waals surface area contributed by atoms with Crippen LogP contribution in [0.15, 0.2) is 42.5 Å². The fraction of sp³-hybridized carbons (Fsp3) is 0.333. The van der Waals surface area contributed by atoms with E-state index >= 15 is 0 Å². The summed E-state index contributed by atoms with van der Waals surface area (Å²) in [5.41, 5.74) is -0.351. The van der Waals surface area contributed by atoms with E-state index in [0.29, 0.717) is 11.6 Å². The Kier molecular flexibility index (Phi) is 7.86. The van der Waals surface area contributed by atoms with Crippen LogP contribution in [0.2, 0.25) is 5.02 Å². The summed E-state index contributed by atoms with van der Waals surface area (Å²) < 4.78 is 39.6. The molecule has 9 heteroatoms. The second-order valence-corrected chi connectivity index (χ2v) is 7.64. The fourth-order valence-electron chi connectivity index (χ4n) is 2.98. The normalized spacial score (nSPS) is 12.5. The molecule has 30 heavy (non-hydrogen) atoms. The molecule has 2 rings (SSSR count). The summed E-state index contributed by atoms with van der Waals surface area (Å²) in [4.78, 5) is 25.8. The molecular weight excluding hydrogens is 419 g/mol. The molecule has 0 aliphatic carbocycles. The van der Waals surface area contributed by atoms with Crippen LogP contribution >= 0.6 is 11.6 Å². The number of rotatable bonds is 7. The molecule has 162 valence electrons. The number of hydrogen-bond donors (Lipinski definition) is 2. The molecule has 1 unspecified atom stereocenters. The molecule has 0 saturated carbocycles. The molecule has 2 aromatic carbocycles. The molecule has 0 heterocycles. The minimum atomic E-state index is -4.65. The molecule has 2 aromatic rings. The molecule has 2 amide bonds. The number of hydrogen-bond acceptors (Lipinski definition) is 3. The molecule has 0 spiro atoms. The van der Waals surface area contributed by atoms with Crippen LogP contribution in [0.5, 0.6) is 0 Å². The van der Waals surface area contributed by atoms with Gasteiger partial charge in [-0.3, -0.25) is 9.59 Å². The largest absolute Gasteiger partial charge is 0.416 e. The van der Waals surface area contributed by atoms with Crippen molar-refractivity contribution in [3.8, 4) is 0 Å². The van der Waals surface area contributed by atoms with Crippen molar-refractivity contribution >= 4 is 29.1 Å². The van der Waals surface area contributed by atoms with Gasteiger partial charge in [0.15, 0.2) is 0 Å². The second-order valence-electron chi connectivity index (χ2n) is 7.20. The zero-order valence-electron chi connectivity index (χ0n) is 16.8. The third kappa shape index (κ3) is 7.03. The van der Waals surface area contributed by atoms with Gasteiger partial charge in [-0.05, 0) is 50.0 Å². The van der Waals surface area contributed by atoms with Gasteiger partial charge in [0.2, 0.25) is 5.91 Å². The Balaban J connectivity index is 2.23. The van der Waals surface area contributed by atoms with Gasteiger partial charge in [-0.15, -0.1) is 0 Å². The molecule has 5 nitrogen and oxygen atoms in total. The van der Waals surface area contributed by atoms with E-state index in [4.69, 9.17) is 11.6 Å². The lowest BCUT2D eigenvalue weighted by Crippen LogP contribution is -2.33. The molecule has 0 aliphatic rings. The van der Waals surface area contributed by atoms with E-state index in [9.17, 15) is 22.8 Å². The van der Waals surface area contributed by atoms with Gasteiger partial charge in [0.05, 0.1) is 5.56 Å². The predicted octanol–water partition coefficient (Wildman–Crippen LogP) is 4.39. The van der Waals surface area contributed by atoms with Gasteiger partial charge in [0.1, 0.15) is 0 Å². The van der Waals surface area contributed by atoms with Gasteiger partial charge in [-0.2, -0.15) is 13.2 Å². The lowest BCUT2D eigenvalue weighted by atomic mass is 9.98. The Morgan fingerprint density at radius 1 is 1.10 bits per heavy atom. The van der Waals surface area contributed by atoms with Crippen LogP contribution in [-0.2, 0) is 11.0 Å². The van der Waals surface area contributed by atoms with Crippen LogP contribution in [0.4, 0.5) is 18.9 Å². The number of nitrogens with zero attached hydrogens (tertiary/aromatic N) is 1. The van der Waals surface area contributed by atoms with E-state index in [1.54, 1.807) is 12.1 Å². The molecule has 0 aliphatic heterocycles. The van der Waals surface area contributed by atoms with Crippen molar-refractivity contribution < 1.29 is 22.8 Å². The Morgan fingerprint density at radius 2 is 1.73 bits per heavy atom. The number of anilines is 1. The molecule has 1 atom stereocenters. The van der Waals surface area contributed by atoms with Crippen molar-refractivity contribution in [3.05, 3.63) is 64.2 Å². The minimum absolute atomic E-state index is 0.0926. The maximum Gasteiger partial charge on any atom is 0.416 e. The first kappa shape index (κ1) is 23.7. The summed E-state index contributed by atoms with van der Waals surface area (Å²) >= 11 is 5.93. The van der Waals surface area contributed by atoms with E-state index in [2.05, 4.69) is 10.6 Å². The maximum absolute atomic E-state index is 13.2. The first-order chi connectivity index (χ1) is 14.0. The van der Waals surface area contributed by atoms with Crippen molar-refractivity contribution in [2.45, 2.75) is 19.0 Å². The molecule has 0 saturated heterocycles. The molecule has 0 fully saturated rings. The monoisotopic (exact) mass is 441 g/mol. The summed E-state index contributed by atoms with van der Waals surface area (Å²) in [6, 6.07) is 9.96. The van der Waals surface area contributed by atoms with Gasteiger partial charge in [-0.1, -0.05) is 23.7 Å². The summed E-state index contributed by atoms with van der Waals surface area (Å²) in [5.74, 6) is -1.29. The van der Waals surface area contributed by atoms with Gasteiger partial charge >= 0.3 is 6.18 Å². The third-order valence-corrected chi connectivity index (χ3v) is 4.53. The average Bonchev–Trinajstić information content (AvgIpc) is 2.63. The highest BCUT2D eigenvalue weighted by Crippen LogP contribution is 2.32. The van der Waals surface area contributed by atoms with Gasteiger partial charge in [-0.25, -0.2) is 0 Å². The Hall–Kier alpha value is -2.58. The minimum Gasteiger partial charge on any atom is -0.351 e. The summed E-state index contributed by atoms with van der Waals surface area (Å²) in [6.45, 7) is 2.00. The Bertz CT molecular complexity index is 899. The topological polar surface area (TPSA) is 61.4 Å². The SMILES string of the molecule is CC(=O)Nc1cc(C(=O)NCC(CN(C)C)c2ccc(Cl)cc2)cc(C(F)(F)F)c1. The van der Waals surface area contributed by atoms with Gasteiger partial charge < -0.3 is 15.5 Å². The zero-order valence-corrected chi connectivity index (χ0v) is 17.6. The fourth-order valence-corrected chi connectivity index (χ4v) is 3.11. The summed E-state index contributed by atoms with van der Waals surface area (Å²) in [7, 11) is 3.77. The van der Waals surface area contributed by atoms with Gasteiger partial charge in [0.25, 0.3) is 5.91 Å². The lowest BCUT2D eigenvalue weighted by molar-refractivity contribution is -0.137. The van der Waals surface area contributed by atoms with Crippen LogP contribution in [0, 0.1) is 0 Å². The van der Waals surface area contributed by atoms with Crippen LogP contribution in [-0.4, -0.2) is 43.9 Å². The van der Waals surface area contributed by atoms with E-state index in [1.165, 1.54) is 13.0 Å². The molecule has 0 radical (unpaired) electrons. The van der Waals surface area contributed by atoms with Crippen LogP contribution < -0.4 is 10.6 Å². The number of amides is 2. The standard InChI is InChI=1S/C21H23ClF3N3O2/c1-13(29)27-19-9-15(8-17(10-19)21(23,24)25)20(30)26-11-16(12-28(2)3)14-4-6-18(22)7-5-14/h4-10,16H,11-12H2,1-3H3,(H,26,30)(H,27,29). The number of alkyl halides is 3. The maximum atomic E-state index is 13.2. The van der Waals surface area contributed by atoms with E-state index in [-0.39, 0.29) is 23.7 Å². The summed E-state index contributed by atoms with van der Waals surface area (Å²) in [6.07, 6.45) is -4.65. The zero-order chi connectivity index (χ0) is 22.5. The predicted molar refractivity (Wildman–Crippen MR) is 111 cm³/mol. The number of carbonyl (C=O) groups is 2. The van der Waals surface area contributed by atoms with Crippen LogP contribution in [0.25, 0.3) is 0 Å². The number of likely N-dealkylation sites (N-methyl/N-ethyl adjacent to an activating group) is 1. The second kappa shape index (κ2) is 9.95. The molecule has 2 N–H and O–H groups in total. The van der Waals surface area contributed by atoms with Crippen molar-refractivity contribution in [1.82, 2.24) is 10.2 Å². The van der Waals surface area contributed by atoms with Gasteiger partial charge in [0, 0.05) is 42.2 Å². The molecule has 0 aromatic heterocycles. The van der Waals surface area contributed by atoms with Crippen molar-refractivity contribution in [1.29, 1.82) is 0 Å². The van der Waals surface area contributed by atoms with Crippen molar-refractivity contribution in [2.24, 2.45) is 0 Å². The molecule has 0 bridgehead atoms. The summed E-state index contributed by atoms with van der Waals surface area (Å²) in [5, 5.41) is 5.58. The highest BCUT2D eigenvalue weighted by molar-refractivity contribution is 6.30. The van der Waals surface area contributed by atoms with E-state index < -0.39 is 23.6 Å². The molecular formula is C21H23ClF3N3O2. The Morgan fingerprint density at radius 3 is 2.27 bits per heavy atom. The van der Waals surface area contributed by atoms with Crippen molar-refractivity contribution in [3.63, 3.8) is 0 Å². The van der Waals surface area contributed by atoms with E-state index in [0.717, 1.165) is 17.7 Å². The lowest BCUT2D eigenvalue weighted by Gasteiger charge is -2.22. The highest BCUT2D eigenvalue weighted by atomic mass is 35.5. The highest BCUT2D eigenvalue weighted by Gasteiger charge is 2.32. The third-order valence-electron chi connectivity index (χ3n) is 4.28. The smallest absolute Gasteiger partial charge is 0.351 e. The number of carbonyl (C=O) groups excluding carboxylic acids is 2.